The Balaban J connectivity index is 2.07. The van der Waals surface area contributed by atoms with E-state index in [0.717, 1.165) is 6.42 Å². The third-order valence-corrected chi connectivity index (χ3v) is 2.54. The van der Waals surface area contributed by atoms with Gasteiger partial charge in [-0.1, -0.05) is 31.6 Å². The molecule has 1 rings (SSSR count). The van der Waals surface area contributed by atoms with E-state index in [-0.39, 0.29) is 0 Å². The maximum atomic E-state index is 11.3. The van der Waals surface area contributed by atoms with Gasteiger partial charge in [-0.25, -0.2) is 0 Å². The summed E-state index contributed by atoms with van der Waals surface area (Å²) in [6.45, 7) is 0.942. The number of terminal acetylenes is 1. The first-order chi connectivity index (χ1) is 6.33. The van der Waals surface area contributed by atoms with Crippen molar-refractivity contribution in [3.05, 3.63) is 0 Å². The first-order valence-corrected chi connectivity index (χ1v) is 4.99. The fourth-order valence-corrected chi connectivity index (χ4v) is 1.88. The third-order valence-electron chi connectivity index (χ3n) is 2.54. The van der Waals surface area contributed by atoms with Crippen LogP contribution in [0.5, 0.6) is 0 Å². The van der Waals surface area contributed by atoms with Crippen LogP contribution in [-0.2, 0) is 4.79 Å². The summed E-state index contributed by atoms with van der Waals surface area (Å²) in [5.41, 5.74) is 0. The van der Waals surface area contributed by atoms with Gasteiger partial charge in [0.2, 0.25) is 0 Å². The number of carbonyl (C=O) groups excluding carboxylic acids is 1. The normalized spacial score (nSPS) is 17.2. The van der Waals surface area contributed by atoms with Gasteiger partial charge in [0, 0.05) is 6.42 Å². The van der Waals surface area contributed by atoms with Crippen molar-refractivity contribution in [2.45, 2.75) is 32.1 Å². The van der Waals surface area contributed by atoms with Gasteiger partial charge in [0.1, 0.15) is 5.78 Å². The van der Waals surface area contributed by atoms with Crippen LogP contribution in [0.2, 0.25) is 0 Å². The molecule has 0 atom stereocenters. The van der Waals surface area contributed by atoms with Crippen LogP contribution < -0.4 is 5.32 Å². The molecule has 0 saturated heterocycles. The Morgan fingerprint density at radius 1 is 1.46 bits per heavy atom. The van der Waals surface area contributed by atoms with Crippen molar-refractivity contribution in [3.63, 3.8) is 0 Å². The first kappa shape index (κ1) is 10.3. The second-order valence-corrected chi connectivity index (χ2v) is 3.70. The summed E-state index contributed by atoms with van der Waals surface area (Å²) in [6.07, 6.45) is 10.9. The van der Waals surface area contributed by atoms with Gasteiger partial charge in [-0.3, -0.25) is 10.1 Å². The molecule has 1 fully saturated rings. The number of nitrogens with one attached hydrogen (secondary N) is 1. The van der Waals surface area contributed by atoms with Crippen LogP contribution >= 0.6 is 0 Å². The highest BCUT2D eigenvalue weighted by Crippen LogP contribution is 2.27. The second kappa shape index (κ2) is 5.77. The second-order valence-electron chi connectivity index (χ2n) is 3.70. The molecule has 1 saturated carbocycles. The molecule has 0 spiro atoms. The lowest BCUT2D eigenvalue weighted by Crippen LogP contribution is -2.24. The van der Waals surface area contributed by atoms with Gasteiger partial charge in [-0.2, -0.15) is 0 Å². The van der Waals surface area contributed by atoms with E-state index in [1.165, 1.54) is 25.7 Å². The summed E-state index contributed by atoms with van der Waals surface area (Å²) in [5, 5.41) is 2.92. The zero-order valence-corrected chi connectivity index (χ0v) is 8.01. The van der Waals surface area contributed by atoms with Crippen LogP contribution in [0.15, 0.2) is 0 Å². The molecule has 1 aliphatic carbocycles. The number of Topliss-reactive ketones (excluding diaryl/α,β-unsaturated/α-hetero) is 1. The predicted molar refractivity (Wildman–Crippen MR) is 53.3 cm³/mol. The van der Waals surface area contributed by atoms with E-state index in [9.17, 15) is 4.79 Å². The maximum Gasteiger partial charge on any atom is 0.146 e. The van der Waals surface area contributed by atoms with Gasteiger partial charge in [0.05, 0.1) is 13.1 Å². The lowest BCUT2D eigenvalue weighted by atomic mass is 10.0. The van der Waals surface area contributed by atoms with Gasteiger partial charge >= 0.3 is 0 Å². The van der Waals surface area contributed by atoms with E-state index in [2.05, 4.69) is 11.2 Å². The summed E-state index contributed by atoms with van der Waals surface area (Å²) in [4.78, 5) is 11.3. The van der Waals surface area contributed by atoms with Crippen LogP contribution in [0.3, 0.4) is 0 Å². The fourth-order valence-electron chi connectivity index (χ4n) is 1.88. The molecule has 0 amide bonds. The minimum atomic E-state index is 0.308. The van der Waals surface area contributed by atoms with E-state index in [1.54, 1.807) is 0 Å². The van der Waals surface area contributed by atoms with Crippen molar-refractivity contribution in [1.29, 1.82) is 0 Å². The highest BCUT2D eigenvalue weighted by Gasteiger charge is 2.17. The van der Waals surface area contributed by atoms with Crippen molar-refractivity contribution in [3.8, 4) is 12.3 Å². The maximum absolute atomic E-state index is 11.3. The molecule has 0 bridgehead atoms. The smallest absolute Gasteiger partial charge is 0.146 e. The van der Waals surface area contributed by atoms with Gasteiger partial charge in [-0.15, -0.1) is 6.42 Å². The van der Waals surface area contributed by atoms with E-state index in [4.69, 9.17) is 6.42 Å². The van der Waals surface area contributed by atoms with Gasteiger partial charge in [0.25, 0.3) is 0 Å². The Kier molecular flexibility index (Phi) is 4.56. The Morgan fingerprint density at radius 2 is 2.15 bits per heavy atom. The molecule has 13 heavy (non-hydrogen) atoms. The molecule has 0 aromatic heterocycles. The van der Waals surface area contributed by atoms with Gasteiger partial charge < -0.3 is 0 Å². The van der Waals surface area contributed by atoms with Gasteiger partial charge in [0.15, 0.2) is 0 Å². The molecule has 72 valence electrons. The average molecular weight is 179 g/mol. The van der Waals surface area contributed by atoms with Crippen LogP contribution in [0.1, 0.15) is 32.1 Å². The Morgan fingerprint density at radius 3 is 2.77 bits per heavy atom. The standard InChI is InChI=1S/C11H17NO/c1-2-7-12-9-11(13)8-10-5-3-4-6-10/h1,10,12H,3-9H2. The molecular formula is C11H17NO. The Hall–Kier alpha value is -0.810. The summed E-state index contributed by atoms with van der Waals surface area (Å²) in [5.74, 6) is 3.41. The predicted octanol–water partition coefficient (Wildman–Crippen LogP) is 1.36. The monoisotopic (exact) mass is 179 g/mol. The first-order valence-electron chi connectivity index (χ1n) is 4.99. The van der Waals surface area contributed by atoms with E-state index >= 15 is 0 Å². The molecule has 2 nitrogen and oxygen atoms in total. The molecule has 0 aliphatic heterocycles. The minimum Gasteiger partial charge on any atom is -0.299 e. The van der Waals surface area contributed by atoms with Crippen LogP contribution in [0, 0.1) is 18.3 Å². The van der Waals surface area contributed by atoms with Crippen LogP contribution in [-0.4, -0.2) is 18.9 Å². The van der Waals surface area contributed by atoms with E-state index in [0.29, 0.717) is 24.8 Å². The Bertz CT molecular complexity index is 199. The fraction of sp³-hybridized carbons (Fsp3) is 0.727. The molecular weight excluding hydrogens is 162 g/mol. The highest BCUT2D eigenvalue weighted by molar-refractivity contribution is 5.80. The zero-order chi connectivity index (χ0) is 9.52. The van der Waals surface area contributed by atoms with Crippen molar-refractivity contribution in [1.82, 2.24) is 5.32 Å². The number of rotatable bonds is 5. The number of hydrogen-bond acceptors (Lipinski definition) is 2. The lowest BCUT2D eigenvalue weighted by Gasteiger charge is -2.07. The minimum absolute atomic E-state index is 0.308. The molecule has 0 aromatic carbocycles. The highest BCUT2D eigenvalue weighted by atomic mass is 16.1. The molecule has 0 heterocycles. The largest absolute Gasteiger partial charge is 0.299 e. The third kappa shape index (κ3) is 4.10. The van der Waals surface area contributed by atoms with E-state index < -0.39 is 0 Å². The number of ketones is 1. The molecule has 0 aromatic rings. The molecule has 0 unspecified atom stereocenters. The summed E-state index contributed by atoms with van der Waals surface area (Å²) >= 11 is 0. The molecule has 1 aliphatic rings. The van der Waals surface area contributed by atoms with Gasteiger partial charge in [-0.05, 0) is 5.92 Å². The van der Waals surface area contributed by atoms with Crippen molar-refractivity contribution in [2.24, 2.45) is 5.92 Å². The van der Waals surface area contributed by atoms with Crippen LogP contribution in [0.25, 0.3) is 0 Å². The Labute approximate surface area is 80.1 Å². The summed E-state index contributed by atoms with van der Waals surface area (Å²) in [6, 6.07) is 0. The summed E-state index contributed by atoms with van der Waals surface area (Å²) < 4.78 is 0. The molecule has 0 radical (unpaired) electrons. The zero-order valence-electron chi connectivity index (χ0n) is 8.01. The number of carbonyl (C=O) groups is 1. The summed E-state index contributed by atoms with van der Waals surface area (Å²) in [7, 11) is 0. The molecule has 1 N–H and O–H groups in total. The van der Waals surface area contributed by atoms with Crippen molar-refractivity contribution in [2.75, 3.05) is 13.1 Å². The van der Waals surface area contributed by atoms with Crippen LogP contribution in [0.4, 0.5) is 0 Å². The number of hydrogen-bond donors (Lipinski definition) is 1. The van der Waals surface area contributed by atoms with Crippen molar-refractivity contribution >= 4 is 5.78 Å². The SMILES string of the molecule is C#CCNCC(=O)CC1CCCC1. The van der Waals surface area contributed by atoms with Crippen molar-refractivity contribution < 1.29 is 4.79 Å². The topological polar surface area (TPSA) is 29.1 Å². The molecule has 2 heteroatoms. The average Bonchev–Trinajstić information content (AvgIpc) is 2.57. The lowest BCUT2D eigenvalue weighted by molar-refractivity contribution is -0.119. The van der Waals surface area contributed by atoms with E-state index in [1.807, 2.05) is 0 Å². The quantitative estimate of drug-likeness (QED) is 0.510.